The molecular weight excluding hydrogens is 423 g/mol. The number of benzene rings is 3. The van der Waals surface area contributed by atoms with Crippen molar-refractivity contribution in [3.8, 4) is 0 Å². The van der Waals surface area contributed by atoms with Gasteiger partial charge in [0, 0.05) is 19.8 Å². The number of halogens is 2. The van der Waals surface area contributed by atoms with Gasteiger partial charge in [-0.15, -0.1) is 23.5 Å². The van der Waals surface area contributed by atoms with Gasteiger partial charge in [-0.2, -0.15) is 0 Å². The summed E-state index contributed by atoms with van der Waals surface area (Å²) in [5, 5.41) is 1.36. The van der Waals surface area contributed by atoms with Gasteiger partial charge >= 0.3 is 0 Å². The Morgan fingerprint density at radius 3 is 1.25 bits per heavy atom. The third kappa shape index (κ3) is 5.71. The minimum Gasteiger partial charge on any atom is -0.130 e. The van der Waals surface area contributed by atoms with Crippen LogP contribution in [0.15, 0.2) is 70.5 Å². The van der Waals surface area contributed by atoms with Crippen molar-refractivity contribution in [3.63, 3.8) is 0 Å². The molecule has 0 saturated carbocycles. The number of thioether (sulfide) groups is 2. The molecule has 0 aromatic heterocycles. The summed E-state index contributed by atoms with van der Waals surface area (Å²) in [5.41, 5.74) is 4.06. The summed E-state index contributed by atoms with van der Waals surface area (Å²) in [6.45, 7) is 0. The van der Waals surface area contributed by atoms with Crippen molar-refractivity contribution in [2.75, 3.05) is 12.5 Å². The first-order valence-electron chi connectivity index (χ1n) is 8.72. The van der Waals surface area contributed by atoms with E-state index in [2.05, 4.69) is 61.0 Å². The lowest BCUT2D eigenvalue weighted by Crippen LogP contribution is -1.82. The molecule has 3 rings (SSSR count). The smallest absolute Gasteiger partial charge is 0.0485 e. The molecule has 0 heterocycles. The van der Waals surface area contributed by atoms with Crippen molar-refractivity contribution in [1.82, 2.24) is 0 Å². The topological polar surface area (TPSA) is 0 Å². The van der Waals surface area contributed by atoms with Gasteiger partial charge in [0.25, 0.3) is 0 Å². The molecule has 28 heavy (non-hydrogen) atoms. The molecule has 0 aliphatic rings. The quantitative estimate of drug-likeness (QED) is 0.276. The van der Waals surface area contributed by atoms with E-state index in [4.69, 9.17) is 23.2 Å². The molecule has 0 aliphatic carbocycles. The molecule has 3 aromatic rings. The van der Waals surface area contributed by atoms with Crippen molar-refractivity contribution in [2.45, 2.75) is 9.79 Å². The van der Waals surface area contributed by atoms with Crippen LogP contribution in [0.1, 0.15) is 22.3 Å². The van der Waals surface area contributed by atoms with Crippen LogP contribution in [0, 0.1) is 0 Å². The molecule has 142 valence electrons. The lowest BCUT2D eigenvalue weighted by molar-refractivity contribution is 1.45. The van der Waals surface area contributed by atoms with E-state index in [1.807, 2.05) is 36.4 Å². The van der Waals surface area contributed by atoms with Gasteiger partial charge in [0.05, 0.1) is 0 Å². The van der Waals surface area contributed by atoms with Crippen molar-refractivity contribution in [3.05, 3.63) is 93.0 Å². The summed E-state index contributed by atoms with van der Waals surface area (Å²) in [6, 6.07) is 20.6. The van der Waals surface area contributed by atoms with Gasteiger partial charge in [0.2, 0.25) is 0 Å². The van der Waals surface area contributed by atoms with Crippen LogP contribution in [0.25, 0.3) is 24.3 Å². The summed E-state index contributed by atoms with van der Waals surface area (Å²) < 4.78 is 0. The maximum atomic E-state index is 6.49. The third-order valence-electron chi connectivity index (χ3n) is 4.26. The Balaban J connectivity index is 1.77. The fourth-order valence-electron chi connectivity index (χ4n) is 2.64. The van der Waals surface area contributed by atoms with Crippen LogP contribution in [0.3, 0.4) is 0 Å². The average molecular weight is 443 g/mol. The predicted molar refractivity (Wildman–Crippen MR) is 131 cm³/mol. The molecule has 0 unspecified atom stereocenters. The largest absolute Gasteiger partial charge is 0.130 e. The molecule has 0 nitrogen and oxygen atoms in total. The highest BCUT2D eigenvalue weighted by molar-refractivity contribution is 7.98. The molecule has 0 spiro atoms. The lowest BCUT2D eigenvalue weighted by atomic mass is 10.1. The van der Waals surface area contributed by atoms with Gasteiger partial charge < -0.3 is 0 Å². The van der Waals surface area contributed by atoms with Crippen molar-refractivity contribution in [1.29, 1.82) is 0 Å². The van der Waals surface area contributed by atoms with Gasteiger partial charge in [-0.05, 0) is 71.2 Å². The van der Waals surface area contributed by atoms with Gasteiger partial charge in [0.1, 0.15) is 0 Å². The molecule has 4 heteroatoms. The van der Waals surface area contributed by atoms with E-state index < -0.39 is 0 Å². The first-order valence-corrected chi connectivity index (χ1v) is 11.9. The van der Waals surface area contributed by atoms with E-state index in [0.29, 0.717) is 10.0 Å². The molecule has 0 fully saturated rings. The Morgan fingerprint density at radius 1 is 0.571 bits per heavy atom. The third-order valence-corrected chi connectivity index (χ3v) is 6.40. The molecule has 0 aliphatic heterocycles. The molecule has 0 amide bonds. The normalized spacial score (nSPS) is 11.6. The predicted octanol–water partition coefficient (Wildman–Crippen LogP) is 8.78. The van der Waals surface area contributed by atoms with Gasteiger partial charge in [-0.25, -0.2) is 0 Å². The highest BCUT2D eigenvalue weighted by Crippen LogP contribution is 2.29. The van der Waals surface area contributed by atoms with Crippen LogP contribution in [0.5, 0.6) is 0 Å². The maximum absolute atomic E-state index is 6.49. The summed E-state index contributed by atoms with van der Waals surface area (Å²) in [5.74, 6) is 0. The Labute approximate surface area is 185 Å². The summed E-state index contributed by atoms with van der Waals surface area (Å²) in [6.07, 6.45) is 12.2. The van der Waals surface area contributed by atoms with Crippen LogP contribution in [-0.4, -0.2) is 12.5 Å². The molecule has 3 aromatic carbocycles. The lowest BCUT2D eigenvalue weighted by Gasteiger charge is -2.05. The Bertz CT molecular complexity index is 905. The minimum absolute atomic E-state index is 0.679. The van der Waals surface area contributed by atoms with E-state index in [1.54, 1.807) is 23.5 Å². The maximum Gasteiger partial charge on any atom is 0.0485 e. The highest BCUT2D eigenvalue weighted by atomic mass is 35.5. The van der Waals surface area contributed by atoms with Gasteiger partial charge in [0.15, 0.2) is 0 Å². The van der Waals surface area contributed by atoms with E-state index in [-0.39, 0.29) is 0 Å². The number of rotatable bonds is 6. The van der Waals surface area contributed by atoms with Gasteiger partial charge in [-0.3, -0.25) is 0 Å². The number of hydrogen-bond donors (Lipinski definition) is 0. The average Bonchev–Trinajstić information content (AvgIpc) is 2.73. The summed E-state index contributed by atoms with van der Waals surface area (Å²) in [4.78, 5) is 2.50. The van der Waals surface area contributed by atoms with Crippen molar-refractivity contribution >= 4 is 71.0 Å². The van der Waals surface area contributed by atoms with E-state index >= 15 is 0 Å². The number of hydrogen-bond acceptors (Lipinski definition) is 2. The van der Waals surface area contributed by atoms with Crippen LogP contribution in [0.2, 0.25) is 10.0 Å². The Morgan fingerprint density at radius 2 is 0.929 bits per heavy atom. The Hall–Kier alpha value is -1.58. The molecule has 0 radical (unpaired) electrons. The first-order chi connectivity index (χ1) is 13.6. The SMILES string of the molecule is CSc1ccc(/C=C/c2cc(Cl)c(/C=C/c3ccc(SC)cc3)cc2Cl)cc1. The monoisotopic (exact) mass is 442 g/mol. The van der Waals surface area contributed by atoms with Crippen LogP contribution in [-0.2, 0) is 0 Å². The molecule has 0 N–H and O–H groups in total. The van der Waals surface area contributed by atoms with Crippen LogP contribution >= 0.6 is 46.7 Å². The van der Waals surface area contributed by atoms with Gasteiger partial charge in [-0.1, -0.05) is 71.8 Å². The van der Waals surface area contributed by atoms with E-state index in [0.717, 1.165) is 22.3 Å². The van der Waals surface area contributed by atoms with E-state index in [9.17, 15) is 0 Å². The zero-order chi connectivity index (χ0) is 19.9. The molecular formula is C24H20Cl2S2. The second-order valence-electron chi connectivity index (χ2n) is 6.11. The standard InChI is InChI=1S/C24H20Cl2S2/c1-27-21-11-5-17(6-12-21)3-9-19-15-24(26)20(16-23(19)25)10-4-18-7-13-22(28-2)14-8-18/h3-16H,1-2H3/b9-3+,10-4+. The molecule has 0 bridgehead atoms. The zero-order valence-electron chi connectivity index (χ0n) is 15.7. The summed E-state index contributed by atoms with van der Waals surface area (Å²) >= 11 is 16.4. The first kappa shape index (κ1) is 21.1. The second-order valence-corrected chi connectivity index (χ2v) is 8.68. The molecule has 0 saturated heterocycles. The van der Waals surface area contributed by atoms with Crippen LogP contribution < -0.4 is 0 Å². The van der Waals surface area contributed by atoms with Crippen molar-refractivity contribution in [2.24, 2.45) is 0 Å². The second kappa shape index (κ2) is 10.3. The zero-order valence-corrected chi connectivity index (χ0v) is 18.8. The minimum atomic E-state index is 0.679. The van der Waals surface area contributed by atoms with E-state index in [1.165, 1.54) is 9.79 Å². The van der Waals surface area contributed by atoms with Crippen LogP contribution in [0.4, 0.5) is 0 Å². The fourth-order valence-corrected chi connectivity index (χ4v) is 3.92. The van der Waals surface area contributed by atoms with Crippen molar-refractivity contribution < 1.29 is 0 Å². The molecule has 0 atom stereocenters. The fraction of sp³-hybridized carbons (Fsp3) is 0.0833. The highest BCUT2D eigenvalue weighted by Gasteiger charge is 2.04. The summed E-state index contributed by atoms with van der Waals surface area (Å²) in [7, 11) is 0. The Kier molecular flexibility index (Phi) is 7.75.